The minimum atomic E-state index is -3.66. The summed E-state index contributed by atoms with van der Waals surface area (Å²) in [6.45, 7) is 0. The fraction of sp³-hybridized carbons (Fsp3) is 0. The minimum Gasteiger partial charge on any atom is -0.225 e. The molecule has 1 heterocycles. The fourth-order valence-electron chi connectivity index (χ4n) is 0.981. The summed E-state index contributed by atoms with van der Waals surface area (Å²) in [4.78, 5) is 0.0370. The first-order chi connectivity index (χ1) is 5.59. The molecule has 62 valence electrons. The lowest BCUT2D eigenvalue weighted by atomic mass is 10.2. The Morgan fingerprint density at radius 2 is 2.00 bits per heavy atom. The third-order valence-corrected chi connectivity index (χ3v) is 2.48. The molecule has 0 atom stereocenters. The van der Waals surface area contributed by atoms with E-state index in [9.17, 15) is 8.42 Å². The zero-order valence-corrected chi connectivity index (χ0v) is 6.75. The summed E-state index contributed by atoms with van der Waals surface area (Å²) in [5.74, 6) is 0. The van der Waals surface area contributed by atoms with Crippen LogP contribution in [-0.2, 0) is 10.0 Å². The maximum Gasteiger partial charge on any atom is 0.240 e. The van der Waals surface area contributed by atoms with Crippen LogP contribution >= 0.6 is 0 Å². The van der Waals surface area contributed by atoms with Crippen LogP contribution in [0.4, 0.5) is 11.4 Å². The molecule has 1 aliphatic rings. The van der Waals surface area contributed by atoms with Gasteiger partial charge in [0.25, 0.3) is 0 Å². The maximum atomic E-state index is 10.9. The van der Waals surface area contributed by atoms with E-state index >= 15 is 0 Å². The first-order valence-corrected chi connectivity index (χ1v) is 4.71. The van der Waals surface area contributed by atoms with Gasteiger partial charge in [-0.25, -0.2) is 13.6 Å². The van der Waals surface area contributed by atoms with E-state index in [0.717, 1.165) is 0 Å². The number of benzene rings is 1. The Hall–Kier alpha value is -1.27. The minimum absolute atomic E-state index is 0.0370. The van der Waals surface area contributed by atoms with Gasteiger partial charge in [-0.15, -0.1) is 10.2 Å². The van der Waals surface area contributed by atoms with Crippen molar-refractivity contribution in [3.63, 3.8) is 0 Å². The molecule has 0 saturated carbocycles. The molecule has 0 bridgehead atoms. The van der Waals surface area contributed by atoms with Crippen molar-refractivity contribution in [3.05, 3.63) is 18.2 Å². The third-order valence-electron chi connectivity index (χ3n) is 1.54. The standard InChI is InChI=1S/C6H5N3O2S/c7-12(10,11)5-3-1-2-4-6(5)9-8-4/h1-3H,(H2,7,10,11). The quantitative estimate of drug-likeness (QED) is 0.716. The van der Waals surface area contributed by atoms with E-state index in [1.165, 1.54) is 6.07 Å². The van der Waals surface area contributed by atoms with Gasteiger partial charge in [0.2, 0.25) is 10.0 Å². The summed E-state index contributed by atoms with van der Waals surface area (Å²) in [7, 11) is -3.66. The number of hydrogen-bond donors (Lipinski definition) is 1. The van der Waals surface area contributed by atoms with Crippen molar-refractivity contribution in [2.75, 3.05) is 0 Å². The summed E-state index contributed by atoms with van der Waals surface area (Å²) in [6.07, 6.45) is 0. The van der Waals surface area contributed by atoms with Crippen molar-refractivity contribution in [1.82, 2.24) is 0 Å². The molecule has 0 amide bonds. The second-order valence-electron chi connectivity index (χ2n) is 2.37. The molecule has 0 aromatic heterocycles. The summed E-state index contributed by atoms with van der Waals surface area (Å²) in [5, 5.41) is 12.1. The Labute approximate surface area is 69.0 Å². The van der Waals surface area contributed by atoms with Crippen molar-refractivity contribution in [3.8, 4) is 0 Å². The number of fused-ring (bicyclic) bond motifs is 1. The molecule has 5 nitrogen and oxygen atoms in total. The number of primary sulfonamides is 1. The van der Waals surface area contributed by atoms with E-state index in [0.29, 0.717) is 11.4 Å². The predicted octanol–water partition coefficient (Wildman–Crippen LogP) is 1.06. The van der Waals surface area contributed by atoms with Gasteiger partial charge in [0.05, 0.1) is 0 Å². The average Bonchev–Trinajstić information content (AvgIpc) is 1.88. The van der Waals surface area contributed by atoms with Gasteiger partial charge < -0.3 is 0 Å². The Morgan fingerprint density at radius 1 is 1.25 bits per heavy atom. The zero-order chi connectivity index (χ0) is 8.77. The van der Waals surface area contributed by atoms with Crippen LogP contribution in [-0.4, -0.2) is 8.42 Å². The van der Waals surface area contributed by atoms with E-state index in [1.54, 1.807) is 12.1 Å². The Kier molecular flexibility index (Phi) is 1.30. The predicted molar refractivity (Wildman–Crippen MR) is 42.0 cm³/mol. The third kappa shape index (κ3) is 0.926. The highest BCUT2D eigenvalue weighted by Gasteiger charge is 2.20. The van der Waals surface area contributed by atoms with Crippen LogP contribution in [0.1, 0.15) is 0 Å². The maximum absolute atomic E-state index is 10.9. The van der Waals surface area contributed by atoms with Crippen molar-refractivity contribution in [1.29, 1.82) is 0 Å². The lowest BCUT2D eigenvalue weighted by Gasteiger charge is -2.09. The molecular formula is C6H5N3O2S. The first kappa shape index (κ1) is 7.38. The summed E-state index contributed by atoms with van der Waals surface area (Å²) < 4.78 is 21.8. The molecule has 0 saturated heterocycles. The van der Waals surface area contributed by atoms with Crippen LogP contribution in [0.2, 0.25) is 0 Å². The van der Waals surface area contributed by atoms with Crippen LogP contribution in [0.15, 0.2) is 33.3 Å². The highest BCUT2D eigenvalue weighted by atomic mass is 32.2. The van der Waals surface area contributed by atoms with Gasteiger partial charge in [-0.2, -0.15) is 0 Å². The molecule has 0 aliphatic carbocycles. The Morgan fingerprint density at radius 3 is 2.42 bits per heavy atom. The monoisotopic (exact) mass is 183 g/mol. The van der Waals surface area contributed by atoms with Crippen LogP contribution in [0.25, 0.3) is 0 Å². The second kappa shape index (κ2) is 2.11. The second-order valence-corrected chi connectivity index (χ2v) is 3.90. The van der Waals surface area contributed by atoms with Gasteiger partial charge in [-0.1, -0.05) is 6.07 Å². The number of nitrogens with zero attached hydrogens (tertiary/aromatic N) is 2. The highest BCUT2D eigenvalue weighted by molar-refractivity contribution is 7.89. The molecule has 0 unspecified atom stereocenters. The van der Waals surface area contributed by atoms with E-state index in [1.807, 2.05) is 0 Å². The molecule has 6 heteroatoms. The Bertz CT molecular complexity index is 464. The SMILES string of the molecule is NS(=O)(=O)c1cccc2c1N=N2. The number of rotatable bonds is 1. The van der Waals surface area contributed by atoms with Crippen LogP contribution in [0.5, 0.6) is 0 Å². The number of azo groups is 1. The number of hydrogen-bond acceptors (Lipinski definition) is 4. The van der Waals surface area contributed by atoms with Gasteiger partial charge in [0, 0.05) is 0 Å². The van der Waals surface area contributed by atoms with Gasteiger partial charge in [-0.3, -0.25) is 0 Å². The highest BCUT2D eigenvalue weighted by Crippen LogP contribution is 2.41. The molecule has 0 spiro atoms. The van der Waals surface area contributed by atoms with Gasteiger partial charge >= 0.3 is 0 Å². The van der Waals surface area contributed by atoms with E-state index in [2.05, 4.69) is 10.2 Å². The van der Waals surface area contributed by atoms with Crippen molar-refractivity contribution < 1.29 is 8.42 Å². The number of sulfonamides is 1. The summed E-state index contributed by atoms with van der Waals surface area (Å²) >= 11 is 0. The van der Waals surface area contributed by atoms with Gasteiger partial charge in [0.1, 0.15) is 16.3 Å². The molecule has 0 radical (unpaired) electrons. The molecular weight excluding hydrogens is 178 g/mol. The molecule has 2 N–H and O–H groups in total. The van der Waals surface area contributed by atoms with E-state index in [4.69, 9.17) is 5.14 Å². The van der Waals surface area contributed by atoms with E-state index in [-0.39, 0.29) is 4.90 Å². The van der Waals surface area contributed by atoms with E-state index < -0.39 is 10.0 Å². The summed E-state index contributed by atoms with van der Waals surface area (Å²) in [5.41, 5.74) is 0.932. The molecule has 1 aliphatic heterocycles. The molecule has 2 rings (SSSR count). The smallest absolute Gasteiger partial charge is 0.225 e. The van der Waals surface area contributed by atoms with Crippen molar-refractivity contribution >= 4 is 21.4 Å². The molecule has 0 fully saturated rings. The van der Waals surface area contributed by atoms with Crippen molar-refractivity contribution in [2.24, 2.45) is 15.4 Å². The lowest BCUT2D eigenvalue weighted by molar-refractivity contribution is 0.597. The summed E-state index contributed by atoms with van der Waals surface area (Å²) in [6, 6.07) is 4.67. The van der Waals surface area contributed by atoms with Crippen molar-refractivity contribution in [2.45, 2.75) is 4.90 Å². The average molecular weight is 183 g/mol. The van der Waals surface area contributed by atoms with Gasteiger partial charge in [0.15, 0.2) is 0 Å². The van der Waals surface area contributed by atoms with Crippen LogP contribution in [0.3, 0.4) is 0 Å². The molecule has 1 aromatic rings. The Balaban J connectivity index is 2.71. The zero-order valence-electron chi connectivity index (χ0n) is 5.93. The fourth-order valence-corrected chi connectivity index (χ4v) is 1.66. The number of nitrogens with two attached hydrogens (primary N) is 1. The van der Waals surface area contributed by atoms with Gasteiger partial charge in [-0.05, 0) is 12.1 Å². The van der Waals surface area contributed by atoms with Crippen LogP contribution in [0, 0.1) is 0 Å². The largest absolute Gasteiger partial charge is 0.240 e. The molecule has 12 heavy (non-hydrogen) atoms. The molecule has 1 aromatic carbocycles. The van der Waals surface area contributed by atoms with Crippen LogP contribution < -0.4 is 5.14 Å². The topological polar surface area (TPSA) is 84.9 Å². The first-order valence-electron chi connectivity index (χ1n) is 3.16. The lowest BCUT2D eigenvalue weighted by Crippen LogP contribution is -2.12. The normalized spacial score (nSPS) is 13.8.